The van der Waals surface area contributed by atoms with E-state index in [2.05, 4.69) is 10.6 Å². The van der Waals surface area contributed by atoms with Crippen LogP contribution in [0.3, 0.4) is 0 Å². The van der Waals surface area contributed by atoms with Gasteiger partial charge in [-0.15, -0.1) is 0 Å². The highest BCUT2D eigenvalue weighted by atomic mass is 16.6. The van der Waals surface area contributed by atoms with Crippen molar-refractivity contribution < 1.29 is 24.2 Å². The second-order valence-electron chi connectivity index (χ2n) is 10.7. The van der Waals surface area contributed by atoms with Crippen molar-refractivity contribution in [3.63, 3.8) is 0 Å². The van der Waals surface area contributed by atoms with Gasteiger partial charge in [0.15, 0.2) is 0 Å². The molecule has 0 spiro atoms. The van der Waals surface area contributed by atoms with E-state index in [1.165, 1.54) is 17.0 Å². The Morgan fingerprint density at radius 3 is 2.18 bits per heavy atom. The van der Waals surface area contributed by atoms with Crippen LogP contribution >= 0.6 is 0 Å². The predicted octanol–water partition coefficient (Wildman–Crippen LogP) is 6.01. The smallest absolute Gasteiger partial charge is 0.408 e. The lowest BCUT2D eigenvalue weighted by molar-refractivity contribution is -0.141. The Bertz CT molecular complexity index is 1300. The summed E-state index contributed by atoms with van der Waals surface area (Å²) in [5.41, 5.74) is 0.393. The van der Waals surface area contributed by atoms with Crippen LogP contribution in [0.1, 0.15) is 59.6 Å². The van der Waals surface area contributed by atoms with Gasteiger partial charge in [0.1, 0.15) is 23.4 Å². The van der Waals surface area contributed by atoms with E-state index in [1.807, 2.05) is 56.3 Å². The number of carbonyl (C=O) groups excluding carboxylic acids is 3. The second-order valence-corrected chi connectivity index (χ2v) is 10.7. The number of phenolic OH excluding ortho intramolecular Hbond substituents is 1. The molecule has 0 bridgehead atoms. The number of hydrogen-bond acceptors (Lipinski definition) is 5. The van der Waals surface area contributed by atoms with Crippen molar-refractivity contribution in [1.29, 1.82) is 0 Å². The van der Waals surface area contributed by atoms with Crippen molar-refractivity contribution in [3.8, 4) is 5.75 Å². The summed E-state index contributed by atoms with van der Waals surface area (Å²) in [5.74, 6) is -0.982. The van der Waals surface area contributed by atoms with Crippen molar-refractivity contribution in [1.82, 2.24) is 10.2 Å². The van der Waals surface area contributed by atoms with Crippen molar-refractivity contribution in [3.05, 3.63) is 72.3 Å². The lowest BCUT2D eigenvalue weighted by Crippen LogP contribution is -2.54. The molecule has 3 atom stereocenters. The van der Waals surface area contributed by atoms with Gasteiger partial charge in [-0.1, -0.05) is 62.7 Å². The standard InChI is InChI=1S/C31H39N3O5/c1-7-20(3)26(33-30(38)39-31(4,5)6)29(37)34(8-2)27(22-14-17-25(35)18-15-22)28(36)32-24-16-13-21-11-9-10-12-23(21)19-24/h9-20,26-27,35H,7-8H2,1-6H3,(H,32,36)(H,33,38). The number of fused-ring (bicyclic) bond motifs is 1. The maximum atomic E-state index is 14.0. The van der Waals surface area contributed by atoms with Gasteiger partial charge >= 0.3 is 6.09 Å². The van der Waals surface area contributed by atoms with Crippen LogP contribution < -0.4 is 10.6 Å². The molecule has 0 saturated heterocycles. The van der Waals surface area contributed by atoms with Crippen LogP contribution in [-0.2, 0) is 14.3 Å². The van der Waals surface area contributed by atoms with E-state index in [9.17, 15) is 19.5 Å². The van der Waals surface area contributed by atoms with E-state index in [0.717, 1.165) is 10.8 Å². The van der Waals surface area contributed by atoms with Gasteiger partial charge in [0.2, 0.25) is 5.91 Å². The van der Waals surface area contributed by atoms with Crippen LogP contribution in [0.15, 0.2) is 66.7 Å². The summed E-state index contributed by atoms with van der Waals surface area (Å²) in [6.07, 6.45) is -0.0734. The highest BCUT2D eigenvalue weighted by Gasteiger charge is 2.37. The third-order valence-electron chi connectivity index (χ3n) is 6.56. The van der Waals surface area contributed by atoms with Gasteiger partial charge < -0.3 is 25.4 Å². The summed E-state index contributed by atoms with van der Waals surface area (Å²) < 4.78 is 5.42. The number of alkyl carbamates (subject to hydrolysis) is 1. The first kappa shape index (κ1) is 29.5. The minimum absolute atomic E-state index is 0.0471. The van der Waals surface area contributed by atoms with Crippen LogP contribution in [0, 0.1) is 5.92 Å². The number of hydrogen-bond donors (Lipinski definition) is 3. The molecule has 208 valence electrons. The third kappa shape index (κ3) is 7.72. The monoisotopic (exact) mass is 533 g/mol. The predicted molar refractivity (Wildman–Crippen MR) is 153 cm³/mol. The van der Waals surface area contributed by atoms with Gasteiger partial charge in [-0.2, -0.15) is 0 Å². The summed E-state index contributed by atoms with van der Waals surface area (Å²) >= 11 is 0. The van der Waals surface area contributed by atoms with E-state index >= 15 is 0 Å². The second kappa shape index (κ2) is 12.7. The third-order valence-corrected chi connectivity index (χ3v) is 6.56. The topological polar surface area (TPSA) is 108 Å². The first-order chi connectivity index (χ1) is 18.4. The summed E-state index contributed by atoms with van der Waals surface area (Å²) in [6, 6.07) is 17.7. The largest absolute Gasteiger partial charge is 0.508 e. The molecule has 8 nitrogen and oxygen atoms in total. The Hall–Kier alpha value is -4.07. The van der Waals surface area contributed by atoms with Crippen molar-refractivity contribution >= 4 is 34.4 Å². The van der Waals surface area contributed by atoms with E-state index < -0.39 is 35.6 Å². The number of nitrogens with zero attached hydrogens (tertiary/aromatic N) is 1. The van der Waals surface area contributed by atoms with Gasteiger partial charge in [0.25, 0.3) is 5.91 Å². The van der Waals surface area contributed by atoms with E-state index in [0.29, 0.717) is 17.7 Å². The Labute approximate surface area is 230 Å². The lowest BCUT2D eigenvalue weighted by atomic mass is 9.95. The first-order valence-electron chi connectivity index (χ1n) is 13.3. The van der Waals surface area contributed by atoms with Gasteiger partial charge in [-0.05, 0) is 74.2 Å². The Morgan fingerprint density at radius 1 is 0.949 bits per heavy atom. The first-order valence-corrected chi connectivity index (χ1v) is 13.3. The number of anilines is 1. The molecule has 0 aliphatic carbocycles. The number of aromatic hydroxyl groups is 1. The van der Waals surface area contributed by atoms with Crippen LogP contribution in [0.2, 0.25) is 0 Å². The van der Waals surface area contributed by atoms with Crippen LogP contribution in [0.5, 0.6) is 5.75 Å². The fourth-order valence-corrected chi connectivity index (χ4v) is 4.37. The summed E-state index contributed by atoms with van der Waals surface area (Å²) in [6.45, 7) is 11.1. The molecule has 39 heavy (non-hydrogen) atoms. The summed E-state index contributed by atoms with van der Waals surface area (Å²) in [5, 5.41) is 17.6. The number of amides is 3. The van der Waals surface area contributed by atoms with Crippen molar-refractivity contribution in [2.24, 2.45) is 5.92 Å². The van der Waals surface area contributed by atoms with Gasteiger partial charge in [-0.25, -0.2) is 4.79 Å². The molecule has 0 aromatic heterocycles. The number of nitrogens with one attached hydrogen (secondary N) is 2. The molecule has 0 radical (unpaired) electrons. The molecule has 3 unspecified atom stereocenters. The fraction of sp³-hybridized carbons (Fsp3) is 0.387. The summed E-state index contributed by atoms with van der Waals surface area (Å²) in [4.78, 5) is 42.0. The molecule has 3 rings (SSSR count). The maximum absolute atomic E-state index is 14.0. The Kier molecular flexibility index (Phi) is 9.56. The average Bonchev–Trinajstić information content (AvgIpc) is 2.89. The minimum Gasteiger partial charge on any atom is -0.508 e. The zero-order valence-electron chi connectivity index (χ0n) is 23.5. The van der Waals surface area contributed by atoms with Crippen molar-refractivity contribution in [2.75, 3.05) is 11.9 Å². The van der Waals surface area contributed by atoms with Gasteiger partial charge in [0, 0.05) is 12.2 Å². The lowest BCUT2D eigenvalue weighted by Gasteiger charge is -2.35. The molecule has 3 aromatic rings. The van der Waals surface area contributed by atoms with E-state index in [-0.39, 0.29) is 18.2 Å². The Balaban J connectivity index is 1.97. The number of phenols is 1. The molecule has 0 aliphatic rings. The molecule has 8 heteroatoms. The average molecular weight is 534 g/mol. The zero-order valence-corrected chi connectivity index (χ0v) is 23.5. The molecular weight excluding hydrogens is 494 g/mol. The zero-order chi connectivity index (χ0) is 28.7. The van der Waals surface area contributed by atoms with E-state index in [1.54, 1.807) is 39.8 Å². The highest BCUT2D eigenvalue weighted by molar-refractivity contribution is 6.00. The Morgan fingerprint density at radius 2 is 1.59 bits per heavy atom. The molecule has 0 heterocycles. The molecule has 3 amide bonds. The van der Waals surface area contributed by atoms with Gasteiger partial charge in [0.05, 0.1) is 0 Å². The molecular formula is C31H39N3O5. The van der Waals surface area contributed by atoms with Crippen LogP contribution in [0.25, 0.3) is 10.8 Å². The van der Waals surface area contributed by atoms with Gasteiger partial charge in [-0.3, -0.25) is 9.59 Å². The normalized spacial score (nSPS) is 13.7. The minimum atomic E-state index is -1.01. The number of rotatable bonds is 9. The highest BCUT2D eigenvalue weighted by Crippen LogP contribution is 2.28. The van der Waals surface area contributed by atoms with Crippen LogP contribution in [-0.4, -0.2) is 46.1 Å². The molecule has 0 fully saturated rings. The molecule has 0 saturated carbocycles. The summed E-state index contributed by atoms with van der Waals surface area (Å²) in [7, 11) is 0. The number of benzene rings is 3. The molecule has 0 aliphatic heterocycles. The number of likely N-dealkylation sites (N-methyl/N-ethyl adjacent to an activating group) is 1. The van der Waals surface area contributed by atoms with Crippen molar-refractivity contribution in [2.45, 2.75) is 65.6 Å². The van der Waals surface area contributed by atoms with E-state index in [4.69, 9.17) is 4.74 Å². The number of ether oxygens (including phenoxy) is 1. The number of carbonyl (C=O) groups is 3. The quantitative estimate of drug-likeness (QED) is 0.312. The SMILES string of the molecule is CCC(C)C(NC(=O)OC(C)(C)C)C(=O)N(CC)C(C(=O)Nc1ccc2ccccc2c1)c1ccc(O)cc1. The fourth-order valence-electron chi connectivity index (χ4n) is 4.37. The van der Waals surface area contributed by atoms with Crippen LogP contribution in [0.4, 0.5) is 10.5 Å². The molecule has 3 aromatic carbocycles. The maximum Gasteiger partial charge on any atom is 0.408 e. The molecule has 3 N–H and O–H groups in total.